The molecule has 0 saturated carbocycles. The Bertz CT molecular complexity index is 917. The van der Waals surface area contributed by atoms with Crippen LogP contribution in [-0.2, 0) is 16.2 Å². The summed E-state index contributed by atoms with van der Waals surface area (Å²) in [6.45, 7) is 1.67. The first-order valence-electron chi connectivity index (χ1n) is 7.87. The molecule has 0 amide bonds. The summed E-state index contributed by atoms with van der Waals surface area (Å²) in [6, 6.07) is 6.39. The number of hydrogen-bond donors (Lipinski definition) is 2. The second-order valence-corrected chi connectivity index (χ2v) is 7.86. The molecular weight excluding hydrogens is 383 g/mol. The third-order valence-electron chi connectivity index (χ3n) is 3.74. The molecule has 0 spiro atoms. The lowest BCUT2D eigenvalue weighted by Crippen LogP contribution is -2.20. The van der Waals surface area contributed by atoms with Crippen molar-refractivity contribution in [2.45, 2.75) is 24.0 Å². The molecule has 1 heterocycles. The number of hydrogen-bond acceptors (Lipinski definition) is 6. The highest BCUT2D eigenvalue weighted by Crippen LogP contribution is 2.31. The fourth-order valence-corrected chi connectivity index (χ4v) is 3.00. The SMILES string of the molecule is CNS(=O)(=O)c1cccc(C(C)Nc2nc(N(C)C)cc(C(F)(F)F)n2)c1. The molecule has 0 fully saturated rings. The highest BCUT2D eigenvalue weighted by Gasteiger charge is 2.34. The zero-order valence-electron chi connectivity index (χ0n) is 15.2. The normalized spacial score (nSPS) is 13.3. The van der Waals surface area contributed by atoms with Crippen LogP contribution in [0.25, 0.3) is 0 Å². The second-order valence-electron chi connectivity index (χ2n) is 5.97. The smallest absolute Gasteiger partial charge is 0.363 e. The van der Waals surface area contributed by atoms with Crippen LogP contribution in [0.2, 0.25) is 0 Å². The average Bonchev–Trinajstić information content (AvgIpc) is 2.60. The monoisotopic (exact) mass is 403 g/mol. The van der Waals surface area contributed by atoms with E-state index in [0.29, 0.717) is 5.56 Å². The Morgan fingerprint density at radius 3 is 2.37 bits per heavy atom. The van der Waals surface area contributed by atoms with Gasteiger partial charge in [-0.15, -0.1) is 0 Å². The van der Waals surface area contributed by atoms with E-state index in [1.54, 1.807) is 33.2 Å². The Morgan fingerprint density at radius 1 is 1.15 bits per heavy atom. The van der Waals surface area contributed by atoms with Crippen molar-refractivity contribution in [2.24, 2.45) is 0 Å². The van der Waals surface area contributed by atoms with Gasteiger partial charge < -0.3 is 10.2 Å². The number of alkyl halides is 3. The lowest BCUT2D eigenvalue weighted by molar-refractivity contribution is -0.141. The summed E-state index contributed by atoms with van der Waals surface area (Å²) < 4.78 is 65.3. The minimum absolute atomic E-state index is 0.0510. The van der Waals surface area contributed by atoms with Crippen molar-refractivity contribution in [1.82, 2.24) is 14.7 Å². The van der Waals surface area contributed by atoms with Crippen molar-refractivity contribution in [1.29, 1.82) is 0 Å². The minimum Gasteiger partial charge on any atom is -0.363 e. The van der Waals surface area contributed by atoms with Crippen LogP contribution in [0.1, 0.15) is 24.2 Å². The Balaban J connectivity index is 2.37. The Morgan fingerprint density at radius 2 is 1.81 bits per heavy atom. The third-order valence-corrected chi connectivity index (χ3v) is 5.16. The molecule has 1 unspecified atom stereocenters. The second kappa shape index (κ2) is 7.69. The van der Waals surface area contributed by atoms with Gasteiger partial charge in [0, 0.05) is 20.2 Å². The molecule has 0 bridgehead atoms. The number of sulfonamides is 1. The molecule has 0 saturated heterocycles. The van der Waals surface area contributed by atoms with Crippen molar-refractivity contribution in [2.75, 3.05) is 31.4 Å². The maximum Gasteiger partial charge on any atom is 0.433 e. The first kappa shape index (κ1) is 20.9. The van der Waals surface area contributed by atoms with E-state index >= 15 is 0 Å². The molecule has 0 aliphatic rings. The zero-order chi connectivity index (χ0) is 20.4. The molecule has 0 aliphatic heterocycles. The predicted molar refractivity (Wildman–Crippen MR) is 96.1 cm³/mol. The van der Waals surface area contributed by atoms with E-state index in [2.05, 4.69) is 20.0 Å². The van der Waals surface area contributed by atoms with Crippen molar-refractivity contribution < 1.29 is 21.6 Å². The standard InChI is InChI=1S/C16H20F3N5O2S/c1-10(11-6-5-7-12(8-11)27(25,26)20-2)21-15-22-13(16(17,18)19)9-14(23-15)24(3)4/h5-10,20H,1-4H3,(H,21,22,23). The molecular formula is C16H20F3N5O2S. The number of nitrogens with one attached hydrogen (secondary N) is 2. The maximum absolute atomic E-state index is 13.1. The summed E-state index contributed by atoms with van der Waals surface area (Å²) >= 11 is 0. The van der Waals surface area contributed by atoms with Gasteiger partial charge in [-0.3, -0.25) is 0 Å². The molecule has 1 atom stereocenters. The molecule has 1 aromatic carbocycles. The van der Waals surface area contributed by atoms with Crippen LogP contribution in [0.15, 0.2) is 35.2 Å². The van der Waals surface area contributed by atoms with Gasteiger partial charge in [-0.25, -0.2) is 18.1 Å². The van der Waals surface area contributed by atoms with E-state index in [9.17, 15) is 21.6 Å². The van der Waals surface area contributed by atoms with Gasteiger partial charge in [-0.1, -0.05) is 12.1 Å². The topological polar surface area (TPSA) is 87.2 Å². The first-order chi connectivity index (χ1) is 12.4. The van der Waals surface area contributed by atoms with Gasteiger partial charge in [0.15, 0.2) is 5.69 Å². The molecule has 2 N–H and O–H groups in total. The summed E-state index contributed by atoms with van der Waals surface area (Å²) in [6.07, 6.45) is -4.62. The van der Waals surface area contributed by atoms with Crippen molar-refractivity contribution in [3.63, 3.8) is 0 Å². The fourth-order valence-electron chi connectivity index (χ4n) is 2.22. The van der Waals surface area contributed by atoms with E-state index in [4.69, 9.17) is 0 Å². The van der Waals surface area contributed by atoms with Crippen molar-refractivity contribution in [3.05, 3.63) is 41.6 Å². The molecule has 7 nitrogen and oxygen atoms in total. The number of anilines is 2. The maximum atomic E-state index is 13.1. The third kappa shape index (κ3) is 5.07. The molecule has 1 aromatic heterocycles. The van der Waals surface area contributed by atoms with E-state index < -0.39 is 27.9 Å². The molecule has 27 heavy (non-hydrogen) atoms. The van der Waals surface area contributed by atoms with E-state index in [1.807, 2.05) is 0 Å². The first-order valence-corrected chi connectivity index (χ1v) is 9.36. The lowest BCUT2D eigenvalue weighted by Gasteiger charge is -2.19. The number of halogens is 3. The van der Waals surface area contributed by atoms with Gasteiger partial charge in [-0.2, -0.15) is 18.2 Å². The quantitative estimate of drug-likeness (QED) is 0.771. The largest absolute Gasteiger partial charge is 0.433 e. The van der Waals surface area contributed by atoms with Crippen molar-refractivity contribution in [3.8, 4) is 0 Å². The summed E-state index contributed by atoms with van der Waals surface area (Å²) in [5.41, 5.74) is -0.513. The Hall–Kier alpha value is -2.40. The van der Waals surface area contributed by atoms with E-state index in [0.717, 1.165) is 6.07 Å². The highest BCUT2D eigenvalue weighted by molar-refractivity contribution is 7.89. The summed E-state index contributed by atoms with van der Waals surface area (Å²) in [5.74, 6) is -0.110. The zero-order valence-corrected chi connectivity index (χ0v) is 16.0. The van der Waals surface area contributed by atoms with Gasteiger partial charge in [0.1, 0.15) is 5.82 Å². The van der Waals surface area contributed by atoms with Gasteiger partial charge in [-0.05, 0) is 31.7 Å². The molecule has 2 rings (SSSR count). The average molecular weight is 403 g/mol. The van der Waals surface area contributed by atoms with Gasteiger partial charge >= 0.3 is 6.18 Å². The predicted octanol–water partition coefficient (Wildman–Crippen LogP) is 2.64. The molecule has 2 aromatic rings. The number of rotatable bonds is 6. The van der Waals surface area contributed by atoms with Crippen molar-refractivity contribution >= 4 is 21.8 Å². The van der Waals surface area contributed by atoms with Crippen LogP contribution < -0.4 is 14.9 Å². The molecule has 11 heteroatoms. The number of aromatic nitrogens is 2. The van der Waals surface area contributed by atoms with Crippen LogP contribution in [0, 0.1) is 0 Å². The highest BCUT2D eigenvalue weighted by atomic mass is 32.2. The molecule has 148 valence electrons. The summed E-state index contributed by atoms with van der Waals surface area (Å²) in [7, 11) is 0.801. The van der Waals surface area contributed by atoms with Gasteiger partial charge in [0.25, 0.3) is 0 Å². The van der Waals surface area contributed by atoms with Crippen LogP contribution in [0.4, 0.5) is 24.9 Å². The van der Waals surface area contributed by atoms with Crippen LogP contribution in [-0.4, -0.2) is 39.5 Å². The molecule has 0 aliphatic carbocycles. The Labute approximate surface area is 155 Å². The lowest BCUT2D eigenvalue weighted by atomic mass is 10.1. The number of benzene rings is 1. The molecule has 0 radical (unpaired) electrons. The van der Waals surface area contributed by atoms with Gasteiger partial charge in [0.2, 0.25) is 16.0 Å². The summed E-state index contributed by atoms with van der Waals surface area (Å²) in [4.78, 5) is 9.10. The van der Waals surface area contributed by atoms with Gasteiger partial charge in [0.05, 0.1) is 10.9 Å². The van der Waals surface area contributed by atoms with E-state index in [1.165, 1.54) is 24.1 Å². The van der Waals surface area contributed by atoms with Crippen LogP contribution in [0.5, 0.6) is 0 Å². The summed E-state index contributed by atoms with van der Waals surface area (Å²) in [5, 5.41) is 2.80. The Kier molecular flexibility index (Phi) is 5.95. The fraction of sp³-hybridized carbons (Fsp3) is 0.375. The number of nitrogens with zero attached hydrogens (tertiary/aromatic N) is 3. The minimum atomic E-state index is -4.62. The van der Waals surface area contributed by atoms with Crippen LogP contribution >= 0.6 is 0 Å². The van der Waals surface area contributed by atoms with E-state index in [-0.39, 0.29) is 16.7 Å². The van der Waals surface area contributed by atoms with Crippen LogP contribution in [0.3, 0.4) is 0 Å².